The average Bonchev–Trinajstić information content (AvgIpc) is 2.49. The van der Waals surface area contributed by atoms with E-state index in [0.29, 0.717) is 18.7 Å². The number of halogens is 1. The van der Waals surface area contributed by atoms with Gasteiger partial charge in [-0.2, -0.15) is 0 Å². The molecular weight excluding hydrogens is 267 g/mol. The number of carbonyl (C=O) groups excluding carboxylic acids is 1. The fraction of sp³-hybridized carbons (Fsp3) is 0.471. The Morgan fingerprint density at radius 2 is 2.14 bits per heavy atom. The minimum Gasteiger partial charge on any atom is -0.338 e. The van der Waals surface area contributed by atoms with E-state index in [1.54, 1.807) is 19.1 Å². The number of hydrogen-bond donors (Lipinski definition) is 2. The quantitative estimate of drug-likeness (QED) is 0.795. The number of rotatable bonds is 5. The van der Waals surface area contributed by atoms with E-state index in [2.05, 4.69) is 16.7 Å². The van der Waals surface area contributed by atoms with Crippen molar-refractivity contribution >= 4 is 6.03 Å². The topological polar surface area (TPSA) is 41.1 Å². The monoisotopic (exact) mass is 290 g/mol. The first-order chi connectivity index (χ1) is 10.1. The number of urea groups is 1. The Morgan fingerprint density at radius 1 is 1.29 bits per heavy atom. The molecule has 0 saturated heterocycles. The van der Waals surface area contributed by atoms with Crippen LogP contribution >= 0.6 is 0 Å². The molecule has 0 spiro atoms. The first-order valence-corrected chi connectivity index (χ1v) is 7.60. The van der Waals surface area contributed by atoms with Crippen molar-refractivity contribution in [2.24, 2.45) is 0 Å². The van der Waals surface area contributed by atoms with Gasteiger partial charge in [0, 0.05) is 13.1 Å². The Kier molecular flexibility index (Phi) is 5.78. The maximum absolute atomic E-state index is 13.1. The lowest BCUT2D eigenvalue weighted by molar-refractivity contribution is 0.240. The van der Waals surface area contributed by atoms with E-state index in [1.165, 1.54) is 30.9 Å². The summed E-state index contributed by atoms with van der Waals surface area (Å²) >= 11 is 0. The lowest BCUT2D eigenvalue weighted by Crippen LogP contribution is -2.35. The van der Waals surface area contributed by atoms with Gasteiger partial charge in [-0.15, -0.1) is 0 Å². The van der Waals surface area contributed by atoms with E-state index in [0.717, 1.165) is 18.4 Å². The van der Waals surface area contributed by atoms with Gasteiger partial charge in [0.05, 0.1) is 0 Å². The molecule has 1 aliphatic rings. The highest BCUT2D eigenvalue weighted by Gasteiger charge is 2.05. The predicted octanol–water partition coefficient (Wildman–Crippen LogP) is 3.82. The van der Waals surface area contributed by atoms with E-state index in [9.17, 15) is 9.18 Å². The van der Waals surface area contributed by atoms with Gasteiger partial charge in [-0.1, -0.05) is 23.8 Å². The largest absolute Gasteiger partial charge is 0.338 e. The molecule has 1 aliphatic carbocycles. The van der Waals surface area contributed by atoms with Crippen LogP contribution in [0.15, 0.2) is 29.8 Å². The molecule has 0 atom stereocenters. The van der Waals surface area contributed by atoms with Gasteiger partial charge >= 0.3 is 6.03 Å². The Bertz CT molecular complexity index is 526. The van der Waals surface area contributed by atoms with Crippen LogP contribution in [0.2, 0.25) is 0 Å². The number of allylic oxidation sites excluding steroid dienone is 1. The zero-order valence-corrected chi connectivity index (χ0v) is 12.5. The SMILES string of the molecule is Cc1cc(CNC(=O)NCCC2=CCCCC2)ccc1F. The normalized spacial score (nSPS) is 14.5. The van der Waals surface area contributed by atoms with Gasteiger partial charge < -0.3 is 10.6 Å². The van der Waals surface area contributed by atoms with E-state index in [-0.39, 0.29) is 11.8 Å². The second-order valence-electron chi connectivity index (χ2n) is 5.55. The molecule has 0 heterocycles. The molecule has 114 valence electrons. The Balaban J connectivity index is 1.67. The molecule has 0 aromatic heterocycles. The standard InChI is InChI=1S/C17H23FN2O/c1-13-11-15(7-8-16(13)18)12-20-17(21)19-10-9-14-5-3-2-4-6-14/h5,7-8,11H,2-4,6,9-10,12H2,1H3,(H2,19,20,21). The third kappa shape index (κ3) is 5.21. The molecule has 2 rings (SSSR count). The van der Waals surface area contributed by atoms with Crippen LogP contribution in [0, 0.1) is 12.7 Å². The molecule has 0 bridgehead atoms. The molecule has 2 N–H and O–H groups in total. The van der Waals surface area contributed by atoms with Crippen LogP contribution in [0.25, 0.3) is 0 Å². The number of hydrogen-bond acceptors (Lipinski definition) is 1. The molecule has 0 saturated carbocycles. The molecule has 2 amide bonds. The van der Waals surface area contributed by atoms with Crippen LogP contribution in [-0.4, -0.2) is 12.6 Å². The second kappa shape index (κ2) is 7.81. The summed E-state index contributed by atoms with van der Waals surface area (Å²) < 4.78 is 13.1. The van der Waals surface area contributed by atoms with Crippen LogP contribution < -0.4 is 10.6 Å². The Morgan fingerprint density at radius 3 is 2.86 bits per heavy atom. The molecule has 0 radical (unpaired) electrons. The van der Waals surface area contributed by atoms with Crippen LogP contribution in [0.3, 0.4) is 0 Å². The third-order valence-corrected chi connectivity index (χ3v) is 3.79. The number of carbonyl (C=O) groups is 1. The minimum atomic E-state index is -0.219. The van der Waals surface area contributed by atoms with Gasteiger partial charge in [-0.05, 0) is 56.2 Å². The number of aryl methyl sites for hydroxylation is 1. The van der Waals surface area contributed by atoms with Gasteiger partial charge in [-0.25, -0.2) is 9.18 Å². The minimum absolute atomic E-state index is 0.173. The number of nitrogens with one attached hydrogen (secondary N) is 2. The number of amides is 2. The molecule has 4 heteroatoms. The lowest BCUT2D eigenvalue weighted by Gasteiger charge is -2.13. The van der Waals surface area contributed by atoms with E-state index in [1.807, 2.05) is 0 Å². The van der Waals surface area contributed by atoms with E-state index in [4.69, 9.17) is 0 Å². The highest BCUT2D eigenvalue weighted by molar-refractivity contribution is 5.73. The van der Waals surface area contributed by atoms with Gasteiger partial charge in [0.1, 0.15) is 5.82 Å². The molecule has 0 unspecified atom stereocenters. The van der Waals surface area contributed by atoms with E-state index >= 15 is 0 Å². The van der Waals surface area contributed by atoms with Gasteiger partial charge in [0.25, 0.3) is 0 Å². The fourth-order valence-electron chi connectivity index (χ4n) is 2.53. The van der Waals surface area contributed by atoms with Crippen LogP contribution in [0.5, 0.6) is 0 Å². The maximum Gasteiger partial charge on any atom is 0.315 e. The van der Waals surface area contributed by atoms with Gasteiger partial charge in [0.15, 0.2) is 0 Å². The van der Waals surface area contributed by atoms with Crippen LogP contribution in [0.4, 0.5) is 9.18 Å². The van der Waals surface area contributed by atoms with Crippen molar-refractivity contribution in [3.05, 3.63) is 46.8 Å². The number of benzene rings is 1. The molecule has 1 aromatic rings. The van der Waals surface area contributed by atoms with Crippen molar-refractivity contribution in [3.8, 4) is 0 Å². The molecule has 3 nitrogen and oxygen atoms in total. The van der Waals surface area contributed by atoms with E-state index < -0.39 is 0 Å². The van der Waals surface area contributed by atoms with Gasteiger partial charge in [0.2, 0.25) is 0 Å². The Hall–Kier alpha value is -1.84. The van der Waals surface area contributed by atoms with Crippen molar-refractivity contribution < 1.29 is 9.18 Å². The lowest BCUT2D eigenvalue weighted by atomic mass is 9.97. The van der Waals surface area contributed by atoms with Crippen LogP contribution in [-0.2, 0) is 6.54 Å². The van der Waals surface area contributed by atoms with Crippen molar-refractivity contribution in [3.63, 3.8) is 0 Å². The second-order valence-corrected chi connectivity index (χ2v) is 5.55. The van der Waals surface area contributed by atoms with Gasteiger partial charge in [-0.3, -0.25) is 0 Å². The summed E-state index contributed by atoms with van der Waals surface area (Å²) in [5.41, 5.74) is 2.95. The smallest absolute Gasteiger partial charge is 0.315 e. The zero-order chi connectivity index (χ0) is 15.1. The summed E-state index contributed by atoms with van der Waals surface area (Å²) in [6.07, 6.45) is 8.12. The zero-order valence-electron chi connectivity index (χ0n) is 12.5. The Labute approximate surface area is 125 Å². The predicted molar refractivity (Wildman–Crippen MR) is 82.5 cm³/mol. The molecule has 21 heavy (non-hydrogen) atoms. The van der Waals surface area contributed by atoms with Crippen molar-refractivity contribution in [1.82, 2.24) is 10.6 Å². The summed E-state index contributed by atoms with van der Waals surface area (Å²) in [4.78, 5) is 11.7. The van der Waals surface area contributed by atoms with Crippen LogP contribution in [0.1, 0.15) is 43.2 Å². The third-order valence-electron chi connectivity index (χ3n) is 3.79. The van der Waals surface area contributed by atoms with Crippen molar-refractivity contribution in [2.45, 2.75) is 45.6 Å². The molecular formula is C17H23FN2O. The summed E-state index contributed by atoms with van der Waals surface area (Å²) in [6, 6.07) is 4.70. The van der Waals surface area contributed by atoms with Crippen molar-refractivity contribution in [1.29, 1.82) is 0 Å². The fourth-order valence-corrected chi connectivity index (χ4v) is 2.53. The highest BCUT2D eigenvalue weighted by Crippen LogP contribution is 2.19. The first-order valence-electron chi connectivity index (χ1n) is 7.60. The molecule has 1 aromatic carbocycles. The maximum atomic E-state index is 13.1. The summed E-state index contributed by atoms with van der Waals surface area (Å²) in [6.45, 7) is 2.80. The molecule has 0 fully saturated rings. The molecule has 0 aliphatic heterocycles. The summed E-state index contributed by atoms with van der Waals surface area (Å²) in [5.74, 6) is -0.219. The summed E-state index contributed by atoms with van der Waals surface area (Å²) in [5, 5.41) is 5.65. The van der Waals surface area contributed by atoms with Crippen molar-refractivity contribution in [2.75, 3.05) is 6.54 Å². The first kappa shape index (κ1) is 15.5. The average molecular weight is 290 g/mol. The summed E-state index contributed by atoms with van der Waals surface area (Å²) in [7, 11) is 0. The highest BCUT2D eigenvalue weighted by atomic mass is 19.1.